The number of carbonyl (C=O) groups excluding carboxylic acids is 1. The molecule has 0 spiro atoms. The third kappa shape index (κ3) is 4.01. The van der Waals surface area contributed by atoms with E-state index >= 15 is 0 Å². The molecule has 1 aliphatic heterocycles. The highest BCUT2D eigenvalue weighted by Gasteiger charge is 2.33. The number of amides is 1. The third-order valence-corrected chi connectivity index (χ3v) is 3.30. The summed E-state index contributed by atoms with van der Waals surface area (Å²) >= 11 is 1.65. The molecule has 0 aromatic rings. The zero-order valence-corrected chi connectivity index (χ0v) is 9.94. The highest BCUT2D eigenvalue weighted by atomic mass is 32.2. The van der Waals surface area contributed by atoms with E-state index < -0.39 is 5.54 Å². The van der Waals surface area contributed by atoms with Crippen molar-refractivity contribution < 1.29 is 14.6 Å². The maximum atomic E-state index is 11.6. The molecule has 0 aromatic carbocycles. The number of hydrogen-bond donors (Lipinski definition) is 2. The second-order valence-electron chi connectivity index (χ2n) is 3.84. The van der Waals surface area contributed by atoms with Gasteiger partial charge in [0.1, 0.15) is 0 Å². The molecule has 5 heteroatoms. The van der Waals surface area contributed by atoms with E-state index in [1.165, 1.54) is 0 Å². The van der Waals surface area contributed by atoms with E-state index in [4.69, 9.17) is 4.74 Å². The largest absolute Gasteiger partial charge is 0.394 e. The third-order valence-electron chi connectivity index (χ3n) is 2.69. The summed E-state index contributed by atoms with van der Waals surface area (Å²) in [7, 11) is 0. The lowest BCUT2D eigenvalue weighted by Crippen LogP contribution is -2.54. The lowest BCUT2D eigenvalue weighted by atomic mass is 9.91. The SMILES string of the molecule is CSCCC(=O)NC1(CO)CCOCC1. The smallest absolute Gasteiger partial charge is 0.221 e. The van der Waals surface area contributed by atoms with Gasteiger partial charge in [-0.2, -0.15) is 11.8 Å². The Hall–Kier alpha value is -0.260. The average molecular weight is 233 g/mol. The predicted molar refractivity (Wildman–Crippen MR) is 61.0 cm³/mol. The van der Waals surface area contributed by atoms with E-state index in [-0.39, 0.29) is 12.5 Å². The fourth-order valence-corrected chi connectivity index (χ4v) is 2.03. The Balaban J connectivity index is 2.40. The van der Waals surface area contributed by atoms with Crippen molar-refractivity contribution in [3.63, 3.8) is 0 Å². The molecule has 0 radical (unpaired) electrons. The van der Waals surface area contributed by atoms with Gasteiger partial charge in [-0.15, -0.1) is 0 Å². The molecule has 88 valence electrons. The zero-order valence-electron chi connectivity index (χ0n) is 9.12. The lowest BCUT2D eigenvalue weighted by molar-refractivity contribution is -0.124. The first-order valence-corrected chi connectivity index (χ1v) is 6.60. The summed E-state index contributed by atoms with van der Waals surface area (Å²) in [6.45, 7) is 1.23. The van der Waals surface area contributed by atoms with Crippen molar-refractivity contribution in [2.45, 2.75) is 24.8 Å². The van der Waals surface area contributed by atoms with Gasteiger partial charge in [0, 0.05) is 25.4 Å². The molecule has 0 aromatic heterocycles. The number of ether oxygens (including phenoxy) is 1. The molecule has 1 aliphatic rings. The molecular formula is C10H19NO3S. The van der Waals surface area contributed by atoms with Crippen molar-refractivity contribution >= 4 is 17.7 Å². The van der Waals surface area contributed by atoms with E-state index in [9.17, 15) is 9.90 Å². The molecular weight excluding hydrogens is 214 g/mol. The Bertz CT molecular complexity index is 205. The molecule has 2 N–H and O–H groups in total. The quantitative estimate of drug-likeness (QED) is 0.721. The summed E-state index contributed by atoms with van der Waals surface area (Å²) in [5.74, 6) is 0.851. The maximum Gasteiger partial charge on any atom is 0.221 e. The van der Waals surface area contributed by atoms with Gasteiger partial charge in [0.15, 0.2) is 0 Å². The average Bonchev–Trinajstić information content (AvgIpc) is 2.27. The Morgan fingerprint density at radius 3 is 2.73 bits per heavy atom. The van der Waals surface area contributed by atoms with Crippen LogP contribution in [0.25, 0.3) is 0 Å². The van der Waals surface area contributed by atoms with Crippen LogP contribution in [0.3, 0.4) is 0 Å². The van der Waals surface area contributed by atoms with Crippen LogP contribution in [0.1, 0.15) is 19.3 Å². The van der Waals surface area contributed by atoms with Gasteiger partial charge in [0.2, 0.25) is 5.91 Å². The summed E-state index contributed by atoms with van der Waals surface area (Å²) < 4.78 is 5.22. The van der Waals surface area contributed by atoms with Crippen LogP contribution in [-0.2, 0) is 9.53 Å². The predicted octanol–water partition coefficient (Wildman–Crippen LogP) is 0.397. The van der Waals surface area contributed by atoms with E-state index in [2.05, 4.69) is 5.32 Å². The minimum Gasteiger partial charge on any atom is -0.394 e. The van der Waals surface area contributed by atoms with Crippen LogP contribution in [0.2, 0.25) is 0 Å². The van der Waals surface area contributed by atoms with E-state index in [0.29, 0.717) is 32.5 Å². The van der Waals surface area contributed by atoms with Gasteiger partial charge in [0.25, 0.3) is 0 Å². The molecule has 4 nitrogen and oxygen atoms in total. The minimum atomic E-state index is -0.437. The number of nitrogens with one attached hydrogen (secondary N) is 1. The van der Waals surface area contributed by atoms with Crippen molar-refractivity contribution in [2.24, 2.45) is 0 Å². The van der Waals surface area contributed by atoms with E-state index in [1.807, 2.05) is 6.26 Å². The normalized spacial score (nSPS) is 19.9. The monoisotopic (exact) mass is 233 g/mol. The van der Waals surface area contributed by atoms with Gasteiger partial charge in [-0.05, 0) is 19.1 Å². The Morgan fingerprint density at radius 2 is 2.20 bits per heavy atom. The number of aliphatic hydroxyl groups is 1. The minimum absolute atomic E-state index is 0.00136. The Kier molecular flexibility index (Phi) is 5.42. The fraction of sp³-hybridized carbons (Fsp3) is 0.900. The number of rotatable bonds is 5. The van der Waals surface area contributed by atoms with Gasteiger partial charge < -0.3 is 15.2 Å². The molecule has 1 heterocycles. The lowest BCUT2D eigenvalue weighted by Gasteiger charge is -2.36. The number of thioether (sulfide) groups is 1. The van der Waals surface area contributed by atoms with Crippen molar-refractivity contribution in [1.29, 1.82) is 0 Å². The van der Waals surface area contributed by atoms with Gasteiger partial charge in [-0.25, -0.2) is 0 Å². The van der Waals surface area contributed by atoms with E-state index in [1.54, 1.807) is 11.8 Å². The summed E-state index contributed by atoms with van der Waals surface area (Å²) in [5, 5.41) is 12.3. The first-order valence-electron chi connectivity index (χ1n) is 5.21. The molecule has 15 heavy (non-hydrogen) atoms. The maximum absolute atomic E-state index is 11.6. The summed E-state index contributed by atoms with van der Waals surface area (Å²) in [5.41, 5.74) is -0.437. The second kappa shape index (κ2) is 6.35. The molecule has 1 saturated heterocycles. The molecule has 0 aliphatic carbocycles. The topological polar surface area (TPSA) is 58.6 Å². The highest BCUT2D eigenvalue weighted by Crippen LogP contribution is 2.20. The molecule has 1 rings (SSSR count). The summed E-state index contributed by atoms with van der Waals surface area (Å²) in [4.78, 5) is 11.6. The van der Waals surface area contributed by atoms with Crippen molar-refractivity contribution in [2.75, 3.05) is 31.8 Å². The van der Waals surface area contributed by atoms with Crippen LogP contribution in [0, 0.1) is 0 Å². The van der Waals surface area contributed by atoms with Gasteiger partial charge >= 0.3 is 0 Å². The van der Waals surface area contributed by atoms with Crippen LogP contribution in [0.5, 0.6) is 0 Å². The van der Waals surface area contributed by atoms with Crippen LogP contribution in [0.15, 0.2) is 0 Å². The standard InChI is InChI=1S/C10H19NO3S/c1-15-7-2-9(13)11-10(8-12)3-5-14-6-4-10/h12H,2-8H2,1H3,(H,11,13). The number of carbonyl (C=O) groups is 1. The van der Waals surface area contributed by atoms with Crippen molar-refractivity contribution in [1.82, 2.24) is 5.32 Å². The zero-order chi connectivity index (χ0) is 11.1. The van der Waals surface area contributed by atoms with Crippen molar-refractivity contribution in [3.05, 3.63) is 0 Å². The summed E-state index contributed by atoms with van der Waals surface area (Å²) in [6.07, 6.45) is 3.90. The summed E-state index contributed by atoms with van der Waals surface area (Å²) in [6, 6.07) is 0. The second-order valence-corrected chi connectivity index (χ2v) is 4.83. The Labute approximate surface area is 94.8 Å². The highest BCUT2D eigenvalue weighted by molar-refractivity contribution is 7.98. The van der Waals surface area contributed by atoms with Crippen LogP contribution < -0.4 is 5.32 Å². The molecule has 0 unspecified atom stereocenters. The van der Waals surface area contributed by atoms with E-state index in [0.717, 1.165) is 5.75 Å². The van der Waals surface area contributed by atoms with Crippen molar-refractivity contribution in [3.8, 4) is 0 Å². The molecule has 1 amide bonds. The van der Waals surface area contributed by atoms with Gasteiger partial charge in [0.05, 0.1) is 12.1 Å². The Morgan fingerprint density at radius 1 is 1.53 bits per heavy atom. The van der Waals surface area contributed by atoms with Gasteiger partial charge in [-0.1, -0.05) is 0 Å². The first kappa shape index (κ1) is 12.8. The first-order chi connectivity index (χ1) is 7.22. The number of aliphatic hydroxyl groups excluding tert-OH is 1. The van der Waals surface area contributed by atoms with Gasteiger partial charge in [-0.3, -0.25) is 4.79 Å². The van der Waals surface area contributed by atoms with Crippen LogP contribution >= 0.6 is 11.8 Å². The van der Waals surface area contributed by atoms with Crippen LogP contribution in [0.4, 0.5) is 0 Å². The molecule has 0 atom stereocenters. The van der Waals surface area contributed by atoms with Crippen LogP contribution in [-0.4, -0.2) is 48.4 Å². The molecule has 0 bridgehead atoms. The number of hydrogen-bond acceptors (Lipinski definition) is 4. The fourth-order valence-electron chi connectivity index (χ4n) is 1.64. The molecule has 1 fully saturated rings. The molecule has 0 saturated carbocycles.